The van der Waals surface area contributed by atoms with Gasteiger partial charge in [-0.3, -0.25) is 0 Å². The normalized spacial score (nSPS) is 11.0. The third-order valence-electron chi connectivity index (χ3n) is 5.60. The van der Waals surface area contributed by atoms with Gasteiger partial charge in [0.15, 0.2) is 17.8 Å². The van der Waals surface area contributed by atoms with Gasteiger partial charge in [-0.1, -0.05) is 101 Å². The highest BCUT2D eigenvalue weighted by atomic mass is 35.5. The molecule has 0 aliphatic carbocycles. The first kappa shape index (κ1) is 24.4. The highest BCUT2D eigenvalue weighted by Gasteiger charge is 2.15. The summed E-state index contributed by atoms with van der Waals surface area (Å²) in [4.78, 5) is 0. The van der Waals surface area contributed by atoms with Crippen LogP contribution in [0, 0.1) is 0 Å². The molecule has 0 atom stereocenters. The van der Waals surface area contributed by atoms with E-state index in [0.717, 1.165) is 19.6 Å². The van der Waals surface area contributed by atoms with Crippen LogP contribution in [0.4, 0.5) is 0 Å². The fourth-order valence-corrected chi connectivity index (χ4v) is 3.93. The topological polar surface area (TPSA) is 18.0 Å². The largest absolute Gasteiger partial charge is 1.00 e. The van der Waals surface area contributed by atoms with Gasteiger partial charge >= 0.3 is 0 Å². The van der Waals surface area contributed by atoms with Gasteiger partial charge in [0.25, 0.3) is 0 Å². The van der Waals surface area contributed by atoms with Gasteiger partial charge in [0.2, 0.25) is 6.33 Å². The lowest BCUT2D eigenvalue weighted by atomic mass is 10.1. The number of unbranched alkanes of at least 4 members (excludes halogenated alkanes) is 8. The van der Waals surface area contributed by atoms with E-state index in [1.54, 1.807) is 0 Å². The molecule has 1 aromatic heterocycles. The van der Waals surface area contributed by atoms with Crippen molar-refractivity contribution in [1.29, 1.82) is 0 Å². The molecular weight excluding hydrogens is 392 g/mol. The van der Waals surface area contributed by atoms with Crippen molar-refractivity contribution in [2.24, 2.45) is 0 Å². The summed E-state index contributed by atoms with van der Waals surface area (Å²) in [7, 11) is 0. The maximum Gasteiger partial charge on any atom is 0.246 e. The molecule has 3 rings (SSSR count). The summed E-state index contributed by atoms with van der Waals surface area (Å²) in [5, 5.41) is 0. The number of halogens is 1. The molecule has 3 aromatic rings. The van der Waals surface area contributed by atoms with Crippen LogP contribution in [0.15, 0.2) is 60.9 Å². The van der Waals surface area contributed by atoms with E-state index in [9.17, 15) is 0 Å². The molecule has 0 amide bonds. The van der Waals surface area contributed by atoms with Crippen LogP contribution < -0.4 is 17.0 Å². The number of rotatable bonds is 14. The Bertz CT molecular complexity index is 831. The summed E-state index contributed by atoms with van der Waals surface area (Å²) in [5.74, 6) is 0. The number of benzene rings is 2. The van der Waals surface area contributed by atoms with Gasteiger partial charge in [-0.15, -0.1) is 0 Å². The Balaban J connectivity index is 0.00000320. The van der Waals surface area contributed by atoms with E-state index in [-0.39, 0.29) is 12.4 Å². The summed E-state index contributed by atoms with van der Waals surface area (Å²) in [5.41, 5.74) is 3.80. The van der Waals surface area contributed by atoms with Crippen LogP contribution in [0.5, 0.6) is 0 Å². The Morgan fingerprint density at radius 3 is 2.13 bits per heavy atom. The predicted octanol–water partition coefficient (Wildman–Crippen LogP) is 3.49. The lowest BCUT2D eigenvalue weighted by Crippen LogP contribution is -3.00. The third-order valence-corrected chi connectivity index (χ3v) is 5.60. The zero-order valence-electron chi connectivity index (χ0n) is 18.4. The second-order valence-corrected chi connectivity index (χ2v) is 8.05. The minimum atomic E-state index is 0. The lowest BCUT2D eigenvalue weighted by Gasteiger charge is -2.03. The highest BCUT2D eigenvalue weighted by Crippen LogP contribution is 2.13. The molecule has 0 saturated carbocycles. The van der Waals surface area contributed by atoms with Gasteiger partial charge in [-0.25, -0.2) is 9.13 Å². The summed E-state index contributed by atoms with van der Waals surface area (Å²) in [6.45, 7) is 4.63. The molecule has 0 aliphatic heterocycles. The molecule has 0 unspecified atom stereocenters. The zero-order chi connectivity index (χ0) is 20.2. The minimum Gasteiger partial charge on any atom is -1.00 e. The summed E-state index contributed by atoms with van der Waals surface area (Å²) in [6, 6.07) is 19.2. The van der Waals surface area contributed by atoms with Crippen LogP contribution in [0.2, 0.25) is 0 Å². The fourth-order valence-electron chi connectivity index (χ4n) is 3.93. The summed E-state index contributed by atoms with van der Waals surface area (Å²) in [6.07, 6.45) is 14.3. The first-order valence-electron chi connectivity index (χ1n) is 11.5. The van der Waals surface area contributed by atoms with Gasteiger partial charge < -0.3 is 17.1 Å². The van der Waals surface area contributed by atoms with E-state index < -0.39 is 0 Å². The Kier molecular flexibility index (Phi) is 11.6. The van der Waals surface area contributed by atoms with Crippen molar-refractivity contribution in [3.05, 3.63) is 66.5 Å². The van der Waals surface area contributed by atoms with Crippen LogP contribution in [-0.4, -0.2) is 11.2 Å². The van der Waals surface area contributed by atoms with Crippen molar-refractivity contribution in [1.82, 2.24) is 4.57 Å². The monoisotopic (exact) mass is 428 g/mol. The lowest BCUT2D eigenvalue weighted by molar-refractivity contribution is -0.663. The van der Waals surface area contributed by atoms with Crippen LogP contribution in [0.3, 0.4) is 0 Å². The number of aromatic nitrogens is 2. The minimum absolute atomic E-state index is 0. The molecule has 0 N–H and O–H groups in total. The molecule has 0 saturated heterocycles. The molecule has 1 heterocycles. The van der Waals surface area contributed by atoms with Crippen molar-refractivity contribution in [3.63, 3.8) is 0 Å². The molecule has 0 spiro atoms. The van der Waals surface area contributed by atoms with E-state index in [1.165, 1.54) is 68.0 Å². The standard InChI is InChI=1S/C26H37N2O.ClH/c1-2-3-4-5-6-7-8-9-15-20-29-23-28-22-27(21-24-16-11-10-12-17-24)25-18-13-14-19-26(25)28;/h10-14,16-19,22H,2-9,15,20-21,23H2,1H3;1H/q+1;/p-1. The van der Waals surface area contributed by atoms with E-state index in [4.69, 9.17) is 4.74 Å². The van der Waals surface area contributed by atoms with Gasteiger partial charge in [0.05, 0.1) is 6.61 Å². The summed E-state index contributed by atoms with van der Waals surface area (Å²) >= 11 is 0. The average Bonchev–Trinajstić information content (AvgIpc) is 3.10. The maximum absolute atomic E-state index is 6.00. The van der Waals surface area contributed by atoms with Crippen LogP contribution in [0.25, 0.3) is 11.0 Å². The first-order valence-corrected chi connectivity index (χ1v) is 11.5. The third kappa shape index (κ3) is 7.77. The molecule has 164 valence electrons. The number of para-hydroxylation sites is 2. The van der Waals surface area contributed by atoms with Crippen LogP contribution in [-0.2, 0) is 18.0 Å². The second-order valence-electron chi connectivity index (χ2n) is 8.05. The zero-order valence-corrected chi connectivity index (χ0v) is 19.2. The molecule has 2 aromatic carbocycles. The Hall–Kier alpha value is -1.84. The van der Waals surface area contributed by atoms with Crippen molar-refractivity contribution < 1.29 is 21.7 Å². The maximum atomic E-state index is 6.00. The van der Waals surface area contributed by atoms with Crippen molar-refractivity contribution in [2.75, 3.05) is 6.61 Å². The van der Waals surface area contributed by atoms with Gasteiger partial charge in [-0.05, 0) is 24.1 Å². The van der Waals surface area contributed by atoms with Crippen LogP contribution in [0.1, 0.15) is 70.3 Å². The van der Waals surface area contributed by atoms with Crippen molar-refractivity contribution in [2.45, 2.75) is 78.0 Å². The average molecular weight is 429 g/mol. The molecule has 4 heteroatoms. The van der Waals surface area contributed by atoms with Crippen molar-refractivity contribution >= 4 is 11.0 Å². The smallest absolute Gasteiger partial charge is 0.246 e. The first-order chi connectivity index (χ1) is 14.4. The number of imidazole rings is 1. The molecule has 0 bridgehead atoms. The highest BCUT2D eigenvalue weighted by molar-refractivity contribution is 5.71. The Morgan fingerprint density at radius 1 is 0.767 bits per heavy atom. The number of nitrogens with zero attached hydrogens (tertiary/aromatic N) is 2. The van der Waals surface area contributed by atoms with E-state index >= 15 is 0 Å². The summed E-state index contributed by atoms with van der Waals surface area (Å²) < 4.78 is 10.5. The molecule has 3 nitrogen and oxygen atoms in total. The number of hydrogen-bond donors (Lipinski definition) is 0. The fraction of sp³-hybridized carbons (Fsp3) is 0.500. The van der Waals surface area contributed by atoms with Gasteiger partial charge in [-0.2, -0.15) is 0 Å². The van der Waals surface area contributed by atoms with Crippen molar-refractivity contribution in [3.8, 4) is 0 Å². The number of fused-ring (bicyclic) bond motifs is 1. The Labute approximate surface area is 188 Å². The number of hydrogen-bond acceptors (Lipinski definition) is 1. The SMILES string of the molecule is CCCCCCCCCCCOCn1c[n+](Cc2ccccc2)c2ccccc21.[Cl-]. The molecule has 0 fully saturated rings. The van der Waals surface area contributed by atoms with Gasteiger partial charge in [0.1, 0.15) is 6.54 Å². The van der Waals surface area contributed by atoms with Crippen LogP contribution >= 0.6 is 0 Å². The molecule has 0 aliphatic rings. The quantitative estimate of drug-likeness (QED) is 0.284. The molecule has 0 radical (unpaired) electrons. The second kappa shape index (κ2) is 14.2. The molecule has 30 heavy (non-hydrogen) atoms. The Morgan fingerprint density at radius 2 is 1.40 bits per heavy atom. The van der Waals surface area contributed by atoms with E-state index in [2.05, 4.69) is 77.0 Å². The number of ether oxygens (including phenoxy) is 1. The van der Waals surface area contributed by atoms with Gasteiger partial charge in [0, 0.05) is 0 Å². The van der Waals surface area contributed by atoms with E-state index in [0.29, 0.717) is 6.73 Å². The predicted molar refractivity (Wildman–Crippen MR) is 121 cm³/mol. The van der Waals surface area contributed by atoms with E-state index in [1.807, 2.05) is 0 Å². The molecular formula is C26H37ClN2O.